The van der Waals surface area contributed by atoms with E-state index >= 15 is 0 Å². The molecule has 0 spiro atoms. The Morgan fingerprint density at radius 2 is 0.560 bits per heavy atom. The highest BCUT2D eigenvalue weighted by Gasteiger charge is 2.39. The highest BCUT2D eigenvalue weighted by atomic mass is 33.5. The Bertz CT molecular complexity index is 2450. The molecular weight excluding hydrogens is 735 g/mol. The van der Waals surface area contributed by atoms with E-state index < -0.39 is 11.4 Å². The first-order valence-electron chi connectivity index (χ1n) is 15.9. The van der Waals surface area contributed by atoms with Crippen LogP contribution in [-0.4, -0.2) is 0 Å². The summed E-state index contributed by atoms with van der Waals surface area (Å²) in [7, 11) is 2.63. The van der Waals surface area contributed by atoms with Gasteiger partial charge in [0.05, 0.1) is 0 Å². The minimum absolute atomic E-state index is 0.684. The zero-order valence-corrected chi connectivity index (χ0v) is 31.1. The highest BCUT2D eigenvalue weighted by molar-refractivity contribution is 9.18. The summed E-state index contributed by atoms with van der Waals surface area (Å²) < 4.78 is 27.2. The Labute approximate surface area is 306 Å². The Morgan fingerprint density at radius 3 is 0.820 bits per heavy atom. The maximum absolute atomic E-state index is 6.81. The standard InChI is InChI=1S/C40H24O4P2S4/c47-45(41-33-21-17-25-9-1-5-13-29(25)37(33)38-30-14-6-2-10-26(30)18-22-34(38)42-45)49-50-46(48)43-35-23-19-27-11-3-7-15-31(27)39(35)40-32-16-8-4-12-28(32)20-24-36(40)44-46/h1-24H. The maximum atomic E-state index is 6.81. The summed E-state index contributed by atoms with van der Waals surface area (Å²) in [6, 6.07) is 49.6. The zero-order chi connectivity index (χ0) is 33.5. The first-order valence-corrected chi connectivity index (χ1v) is 24.5. The fourth-order valence-corrected chi connectivity index (χ4v) is 23.1. The first kappa shape index (κ1) is 30.8. The van der Waals surface area contributed by atoms with E-state index in [1.54, 1.807) is 0 Å². The molecule has 0 N–H and O–H groups in total. The lowest BCUT2D eigenvalue weighted by atomic mass is 9.92. The van der Waals surface area contributed by atoms with Crippen LogP contribution < -0.4 is 18.1 Å². The fraction of sp³-hybridized carbons (Fsp3) is 0. The van der Waals surface area contributed by atoms with Gasteiger partial charge in [0.1, 0.15) is 23.0 Å². The van der Waals surface area contributed by atoms with Crippen LogP contribution in [-0.2, 0) is 23.6 Å². The third-order valence-electron chi connectivity index (χ3n) is 9.12. The largest absolute Gasteiger partial charge is 0.427 e. The monoisotopic (exact) mass is 758 g/mol. The van der Waals surface area contributed by atoms with Crippen molar-refractivity contribution in [2.75, 3.05) is 0 Å². The van der Waals surface area contributed by atoms with Gasteiger partial charge in [0.2, 0.25) is 0 Å². The molecule has 242 valence electrons. The molecule has 8 aromatic rings. The molecule has 0 saturated carbocycles. The molecule has 2 aliphatic heterocycles. The highest BCUT2D eigenvalue weighted by Crippen LogP contribution is 2.78. The quantitative estimate of drug-likeness (QED) is 0.130. The van der Waals surface area contributed by atoms with Gasteiger partial charge in [0.15, 0.2) is 0 Å². The van der Waals surface area contributed by atoms with Gasteiger partial charge in [-0.05, 0) is 67.4 Å². The minimum Gasteiger partial charge on any atom is -0.427 e. The molecule has 4 nitrogen and oxygen atoms in total. The van der Waals surface area contributed by atoms with E-state index in [1.165, 1.54) is 20.8 Å². The van der Waals surface area contributed by atoms with Crippen LogP contribution >= 0.6 is 32.2 Å². The fourth-order valence-electron chi connectivity index (χ4n) is 7.00. The maximum Gasteiger partial charge on any atom is 0.359 e. The molecule has 0 unspecified atom stereocenters. The van der Waals surface area contributed by atoms with E-state index in [4.69, 9.17) is 41.7 Å². The number of hydrogen-bond acceptors (Lipinski definition) is 8. The van der Waals surface area contributed by atoms with E-state index in [-0.39, 0.29) is 0 Å². The van der Waals surface area contributed by atoms with E-state index in [1.807, 2.05) is 72.8 Å². The smallest absolute Gasteiger partial charge is 0.359 e. The Kier molecular flexibility index (Phi) is 7.25. The predicted molar refractivity (Wildman–Crippen MR) is 220 cm³/mol. The van der Waals surface area contributed by atoms with Crippen molar-refractivity contribution in [2.24, 2.45) is 0 Å². The van der Waals surface area contributed by atoms with Gasteiger partial charge in [-0.3, -0.25) is 0 Å². The summed E-state index contributed by atoms with van der Waals surface area (Å²) >= 11 is 12.7. The number of fused-ring (bicyclic) bond motifs is 14. The molecule has 50 heavy (non-hydrogen) atoms. The summed E-state index contributed by atoms with van der Waals surface area (Å²) in [6.45, 7) is 0. The SMILES string of the molecule is S=P1(SSP2(=S)Oc3ccc4ccccc4c3-c3c(ccc4ccccc34)O2)Oc2ccc3ccccc3c2-c2c(ccc3ccccc23)O1. The average molecular weight is 759 g/mol. The van der Waals surface area contributed by atoms with Crippen molar-refractivity contribution in [2.45, 2.75) is 0 Å². The number of benzene rings is 8. The molecule has 8 aromatic carbocycles. The van der Waals surface area contributed by atoms with Gasteiger partial charge in [-0.1, -0.05) is 121 Å². The Morgan fingerprint density at radius 1 is 0.320 bits per heavy atom. The molecule has 10 rings (SSSR count). The molecule has 0 aliphatic carbocycles. The molecule has 0 bridgehead atoms. The van der Waals surface area contributed by atoms with Crippen LogP contribution in [0.1, 0.15) is 0 Å². The molecule has 0 fully saturated rings. The summed E-state index contributed by atoms with van der Waals surface area (Å²) in [5, 5.41) is 8.73. The topological polar surface area (TPSA) is 36.9 Å². The second-order valence-electron chi connectivity index (χ2n) is 12.0. The molecule has 0 atom stereocenters. The normalized spacial score (nSPS) is 15.3. The predicted octanol–water partition coefficient (Wildman–Crippen LogP) is 13.7. The van der Waals surface area contributed by atoms with Crippen LogP contribution in [0.4, 0.5) is 0 Å². The van der Waals surface area contributed by atoms with Gasteiger partial charge in [0.25, 0.3) is 0 Å². The summed E-state index contributed by atoms with van der Waals surface area (Å²) in [4.78, 5) is 0. The van der Waals surface area contributed by atoms with Crippen LogP contribution in [0.3, 0.4) is 0 Å². The molecule has 2 aliphatic rings. The van der Waals surface area contributed by atoms with Crippen molar-refractivity contribution in [1.82, 2.24) is 0 Å². The summed E-state index contributed by atoms with van der Waals surface area (Å²) in [6.07, 6.45) is 0. The average Bonchev–Trinajstić information content (AvgIpc) is 3.37. The molecule has 0 saturated heterocycles. The van der Waals surface area contributed by atoms with Gasteiger partial charge in [-0.15, -0.1) is 0 Å². The summed E-state index contributed by atoms with van der Waals surface area (Å²) in [5.41, 5.74) is -2.38. The van der Waals surface area contributed by atoms with Gasteiger partial charge < -0.3 is 18.1 Å². The van der Waals surface area contributed by atoms with Gasteiger partial charge >= 0.3 is 11.4 Å². The molecule has 10 heteroatoms. The first-order chi connectivity index (χ1) is 24.5. The lowest BCUT2D eigenvalue weighted by molar-refractivity contribution is 0.515. The van der Waals surface area contributed by atoms with E-state index in [9.17, 15) is 0 Å². The second kappa shape index (κ2) is 11.8. The van der Waals surface area contributed by atoms with Crippen LogP contribution in [0.15, 0.2) is 146 Å². The molecule has 0 amide bonds. The van der Waals surface area contributed by atoms with E-state index in [2.05, 4.69) is 72.8 Å². The van der Waals surface area contributed by atoms with Crippen molar-refractivity contribution in [1.29, 1.82) is 0 Å². The lowest BCUT2D eigenvalue weighted by Gasteiger charge is -2.24. The lowest BCUT2D eigenvalue weighted by Crippen LogP contribution is -1.97. The van der Waals surface area contributed by atoms with Crippen LogP contribution in [0.5, 0.6) is 23.0 Å². The Balaban J connectivity index is 1.10. The zero-order valence-electron chi connectivity index (χ0n) is 26.0. The number of rotatable bonds is 3. The molecular formula is C40H24O4P2S4. The van der Waals surface area contributed by atoms with Gasteiger partial charge in [-0.25, -0.2) is 0 Å². The van der Waals surface area contributed by atoms with Crippen molar-refractivity contribution >= 4 is 98.9 Å². The van der Waals surface area contributed by atoms with Crippen molar-refractivity contribution in [3.8, 4) is 45.3 Å². The Hall–Kier alpha value is -4.00. The molecule has 2 heterocycles. The van der Waals surface area contributed by atoms with Gasteiger partial charge in [0, 0.05) is 66.7 Å². The van der Waals surface area contributed by atoms with Crippen LogP contribution in [0, 0.1) is 0 Å². The van der Waals surface area contributed by atoms with Gasteiger partial charge in [-0.2, -0.15) is 0 Å². The third-order valence-corrected chi connectivity index (χ3v) is 23.3. The van der Waals surface area contributed by atoms with E-state index in [0.29, 0.717) is 23.0 Å². The number of hydrogen-bond donors (Lipinski definition) is 0. The summed E-state index contributed by atoms with van der Waals surface area (Å²) in [5.74, 6) is 2.73. The van der Waals surface area contributed by atoms with Crippen molar-refractivity contribution in [3.63, 3.8) is 0 Å². The third kappa shape index (κ3) is 5.04. The van der Waals surface area contributed by atoms with E-state index in [0.717, 1.165) is 65.3 Å². The van der Waals surface area contributed by atoms with Crippen molar-refractivity contribution < 1.29 is 18.1 Å². The molecule has 0 aromatic heterocycles. The second-order valence-corrected chi connectivity index (χ2v) is 25.6. The molecule has 0 radical (unpaired) electrons. The van der Waals surface area contributed by atoms with Crippen molar-refractivity contribution in [3.05, 3.63) is 146 Å². The van der Waals surface area contributed by atoms with Crippen LogP contribution in [0.25, 0.3) is 65.3 Å². The van der Waals surface area contributed by atoms with Crippen LogP contribution in [0.2, 0.25) is 0 Å². The minimum atomic E-state index is -3.13.